The van der Waals surface area contributed by atoms with Crippen molar-refractivity contribution in [2.45, 2.75) is 30.2 Å². The zero-order valence-corrected chi connectivity index (χ0v) is 17.4. The van der Waals surface area contributed by atoms with Gasteiger partial charge in [0.15, 0.2) is 5.16 Å². The molecule has 0 radical (unpaired) electrons. The van der Waals surface area contributed by atoms with Gasteiger partial charge >= 0.3 is 0 Å². The third-order valence-corrected chi connectivity index (χ3v) is 6.56. The van der Waals surface area contributed by atoms with Crippen LogP contribution in [0.3, 0.4) is 0 Å². The van der Waals surface area contributed by atoms with Crippen LogP contribution in [0.1, 0.15) is 25.2 Å². The van der Waals surface area contributed by atoms with Gasteiger partial charge in [0.05, 0.1) is 16.3 Å². The summed E-state index contributed by atoms with van der Waals surface area (Å²) in [6, 6.07) is 14.2. The highest BCUT2D eigenvalue weighted by Gasteiger charge is 2.22. The first-order valence-corrected chi connectivity index (χ1v) is 11.5. The molecule has 0 aliphatic carbocycles. The van der Waals surface area contributed by atoms with Gasteiger partial charge in [-0.2, -0.15) is 0 Å². The number of thioether (sulfide) groups is 1. The first-order valence-electron chi connectivity index (χ1n) is 9.63. The average molecular weight is 425 g/mol. The molecule has 1 aromatic carbocycles. The Labute approximate surface area is 176 Å². The van der Waals surface area contributed by atoms with E-state index < -0.39 is 0 Å². The lowest BCUT2D eigenvalue weighted by Crippen LogP contribution is -2.31. The van der Waals surface area contributed by atoms with Crippen molar-refractivity contribution >= 4 is 29.0 Å². The number of hydrogen-bond acceptors (Lipinski definition) is 8. The molecule has 0 spiro atoms. The van der Waals surface area contributed by atoms with Crippen LogP contribution in [0.5, 0.6) is 0 Å². The molecule has 0 atom stereocenters. The van der Waals surface area contributed by atoms with Crippen LogP contribution in [-0.2, 0) is 5.75 Å². The minimum Gasteiger partial charge on any atom is -0.419 e. The van der Waals surface area contributed by atoms with Crippen molar-refractivity contribution in [1.29, 1.82) is 0 Å². The number of hydrogen-bond donors (Lipinski definition) is 0. The van der Waals surface area contributed by atoms with E-state index in [4.69, 9.17) is 4.42 Å². The lowest BCUT2D eigenvalue weighted by Gasteiger charge is -2.27. The van der Waals surface area contributed by atoms with Crippen LogP contribution >= 0.6 is 23.1 Å². The summed E-state index contributed by atoms with van der Waals surface area (Å²) in [5, 5.41) is 20.2. The van der Waals surface area contributed by atoms with E-state index in [0.29, 0.717) is 17.5 Å². The van der Waals surface area contributed by atoms with Gasteiger partial charge in [0.25, 0.3) is 5.89 Å². The van der Waals surface area contributed by atoms with Crippen LogP contribution in [0.4, 0.5) is 5.95 Å². The second-order valence-electron chi connectivity index (χ2n) is 6.77. The maximum atomic E-state index is 5.82. The molecule has 0 saturated carbocycles. The van der Waals surface area contributed by atoms with E-state index in [0.717, 1.165) is 34.8 Å². The maximum Gasteiger partial charge on any atom is 0.257 e. The van der Waals surface area contributed by atoms with Gasteiger partial charge < -0.3 is 9.32 Å². The van der Waals surface area contributed by atoms with E-state index in [1.807, 2.05) is 35.7 Å². The van der Waals surface area contributed by atoms with Crippen LogP contribution in [0.15, 0.2) is 57.4 Å². The monoisotopic (exact) mass is 424 g/mol. The SMILES string of the molecule is c1ccc(-n2c(SCc3nnc(-c4cccs4)o3)nnc2N2CCCCC2)cc1. The molecule has 0 amide bonds. The van der Waals surface area contributed by atoms with Gasteiger partial charge in [-0.3, -0.25) is 4.57 Å². The Kier molecular flexibility index (Phi) is 5.31. The Morgan fingerprint density at radius 2 is 1.79 bits per heavy atom. The Balaban J connectivity index is 1.40. The van der Waals surface area contributed by atoms with Crippen molar-refractivity contribution in [2.24, 2.45) is 0 Å². The number of benzene rings is 1. The molecule has 29 heavy (non-hydrogen) atoms. The molecule has 1 aliphatic heterocycles. The normalized spacial score (nSPS) is 14.4. The number of para-hydroxylation sites is 1. The minimum absolute atomic E-state index is 0.545. The molecule has 9 heteroatoms. The Hall–Kier alpha value is -2.65. The van der Waals surface area contributed by atoms with E-state index >= 15 is 0 Å². The van der Waals surface area contributed by atoms with Gasteiger partial charge in [0.2, 0.25) is 11.8 Å². The van der Waals surface area contributed by atoms with Gasteiger partial charge in [-0.15, -0.1) is 31.7 Å². The summed E-state index contributed by atoms with van der Waals surface area (Å²) >= 11 is 3.15. The second-order valence-corrected chi connectivity index (χ2v) is 8.66. The van der Waals surface area contributed by atoms with Gasteiger partial charge in [-0.25, -0.2) is 0 Å². The predicted octanol–water partition coefficient (Wildman–Crippen LogP) is 4.66. The van der Waals surface area contributed by atoms with E-state index in [9.17, 15) is 0 Å². The number of aromatic nitrogens is 5. The number of rotatable bonds is 6. The van der Waals surface area contributed by atoms with Crippen molar-refractivity contribution in [3.63, 3.8) is 0 Å². The predicted molar refractivity (Wildman–Crippen MR) is 115 cm³/mol. The molecule has 1 fully saturated rings. The highest BCUT2D eigenvalue weighted by atomic mass is 32.2. The highest BCUT2D eigenvalue weighted by Crippen LogP contribution is 2.31. The molecular weight excluding hydrogens is 404 g/mol. The molecule has 0 N–H and O–H groups in total. The number of piperidine rings is 1. The Morgan fingerprint density at radius 3 is 2.59 bits per heavy atom. The maximum absolute atomic E-state index is 5.82. The Bertz CT molecular complexity index is 1050. The van der Waals surface area contributed by atoms with Gasteiger partial charge in [0, 0.05) is 13.1 Å². The molecule has 1 aliphatic rings. The molecular formula is C20H20N6OS2. The van der Waals surface area contributed by atoms with E-state index in [2.05, 4.69) is 42.0 Å². The zero-order chi connectivity index (χ0) is 19.5. The largest absolute Gasteiger partial charge is 0.419 e. The number of nitrogens with zero attached hydrogens (tertiary/aromatic N) is 6. The third kappa shape index (κ3) is 3.92. The first kappa shape index (κ1) is 18.4. The van der Waals surface area contributed by atoms with E-state index in [1.54, 1.807) is 23.1 Å². The minimum atomic E-state index is 0.545. The smallest absolute Gasteiger partial charge is 0.257 e. The Morgan fingerprint density at radius 1 is 0.931 bits per heavy atom. The first-order chi connectivity index (χ1) is 14.4. The number of thiophene rings is 1. The van der Waals surface area contributed by atoms with Crippen molar-refractivity contribution in [1.82, 2.24) is 25.0 Å². The molecule has 4 heterocycles. The summed E-state index contributed by atoms with van der Waals surface area (Å²) < 4.78 is 7.95. The van der Waals surface area contributed by atoms with Crippen molar-refractivity contribution in [3.8, 4) is 16.5 Å². The van der Waals surface area contributed by atoms with Crippen molar-refractivity contribution in [2.75, 3.05) is 18.0 Å². The summed E-state index contributed by atoms with van der Waals surface area (Å²) in [5.41, 5.74) is 1.06. The fourth-order valence-corrected chi connectivity index (χ4v) is 4.82. The molecule has 5 rings (SSSR count). The van der Waals surface area contributed by atoms with E-state index in [1.165, 1.54) is 19.3 Å². The summed E-state index contributed by atoms with van der Waals surface area (Å²) in [6.45, 7) is 2.03. The summed E-state index contributed by atoms with van der Waals surface area (Å²) in [7, 11) is 0. The fourth-order valence-electron chi connectivity index (χ4n) is 3.40. The molecule has 0 unspecified atom stereocenters. The molecule has 1 saturated heterocycles. The van der Waals surface area contributed by atoms with Gasteiger partial charge in [-0.1, -0.05) is 36.0 Å². The molecule has 0 bridgehead atoms. The van der Waals surface area contributed by atoms with Gasteiger partial charge in [-0.05, 0) is 42.8 Å². The standard InChI is InChI=1S/C20H20N6OS2/c1-3-8-15(9-4-1)26-19(25-11-5-2-6-12-25)23-24-20(26)29-14-17-21-22-18(27-17)16-10-7-13-28-16/h1,3-4,7-10,13H,2,5-6,11-12,14H2. The van der Waals surface area contributed by atoms with Crippen LogP contribution in [0.25, 0.3) is 16.5 Å². The highest BCUT2D eigenvalue weighted by molar-refractivity contribution is 7.98. The fraction of sp³-hybridized carbons (Fsp3) is 0.300. The average Bonchev–Trinajstić information content (AvgIpc) is 3.54. The molecule has 3 aromatic heterocycles. The zero-order valence-electron chi connectivity index (χ0n) is 15.8. The topological polar surface area (TPSA) is 72.9 Å². The second kappa shape index (κ2) is 8.38. The van der Waals surface area contributed by atoms with Crippen molar-refractivity contribution in [3.05, 3.63) is 53.7 Å². The lowest BCUT2D eigenvalue weighted by atomic mass is 10.1. The van der Waals surface area contributed by atoms with Crippen LogP contribution < -0.4 is 4.90 Å². The summed E-state index contributed by atoms with van der Waals surface area (Å²) in [5.74, 6) is 2.60. The van der Waals surface area contributed by atoms with Crippen LogP contribution in [0.2, 0.25) is 0 Å². The molecule has 4 aromatic rings. The lowest BCUT2D eigenvalue weighted by molar-refractivity contribution is 0.529. The third-order valence-electron chi connectivity index (χ3n) is 4.79. The van der Waals surface area contributed by atoms with Crippen molar-refractivity contribution < 1.29 is 4.42 Å². The van der Waals surface area contributed by atoms with Crippen LogP contribution in [-0.4, -0.2) is 38.1 Å². The summed E-state index contributed by atoms with van der Waals surface area (Å²) in [6.07, 6.45) is 3.66. The number of anilines is 1. The van der Waals surface area contributed by atoms with Crippen LogP contribution in [0, 0.1) is 0 Å². The van der Waals surface area contributed by atoms with Gasteiger partial charge in [0.1, 0.15) is 0 Å². The summed E-state index contributed by atoms with van der Waals surface area (Å²) in [4.78, 5) is 3.31. The quantitative estimate of drug-likeness (QED) is 0.417. The van der Waals surface area contributed by atoms with E-state index in [-0.39, 0.29) is 0 Å². The molecule has 148 valence electrons. The molecule has 7 nitrogen and oxygen atoms in total.